The van der Waals surface area contributed by atoms with Gasteiger partial charge in [0.25, 0.3) is 0 Å². The van der Waals surface area contributed by atoms with Crippen molar-refractivity contribution >= 4 is 34.7 Å². The van der Waals surface area contributed by atoms with Gasteiger partial charge in [0.2, 0.25) is 5.91 Å². The molecule has 1 spiro atoms. The van der Waals surface area contributed by atoms with Crippen LogP contribution >= 0.6 is 11.6 Å². The molecule has 0 saturated heterocycles. The van der Waals surface area contributed by atoms with Crippen molar-refractivity contribution < 1.29 is 9.59 Å². The minimum absolute atomic E-state index is 0.0560. The van der Waals surface area contributed by atoms with Crippen molar-refractivity contribution in [2.45, 2.75) is 46.0 Å². The van der Waals surface area contributed by atoms with E-state index in [2.05, 4.69) is 11.4 Å². The van der Waals surface area contributed by atoms with Crippen LogP contribution in [0, 0.1) is 30.6 Å². The zero-order valence-corrected chi connectivity index (χ0v) is 20.3. The Kier molecular flexibility index (Phi) is 4.72. The molecule has 0 radical (unpaired) electrons. The van der Waals surface area contributed by atoms with Crippen molar-refractivity contribution in [2.24, 2.45) is 11.1 Å². The average Bonchev–Trinajstić information content (AvgIpc) is 3.02. The number of carbonyl (C=O) groups is 2. The number of benzene rings is 2. The molecule has 2 aromatic rings. The van der Waals surface area contributed by atoms with Gasteiger partial charge in [-0.25, -0.2) is 0 Å². The normalized spacial score (nSPS) is 23.1. The molecule has 6 nitrogen and oxygen atoms in total. The molecule has 2 aromatic carbocycles. The van der Waals surface area contributed by atoms with Gasteiger partial charge in [-0.3, -0.25) is 14.5 Å². The van der Waals surface area contributed by atoms with E-state index in [0.717, 1.165) is 11.1 Å². The second-order valence-electron chi connectivity index (χ2n) is 10.1. The van der Waals surface area contributed by atoms with Crippen LogP contribution in [0.5, 0.6) is 0 Å². The standard InChI is InChI=1S/C27H25ClN4O2/c1-14-8-9-19-16(10-14)27(25(34)31-19)17(13-29)24(30)32(20-7-5-6-18(28)15(20)2)21-11-26(3,4)12-22(33)23(21)27/h5-10H,11-12,30H2,1-4H3,(H,31,34)/t27-/m1/s1. The van der Waals surface area contributed by atoms with Gasteiger partial charge < -0.3 is 11.1 Å². The molecule has 2 heterocycles. The predicted molar refractivity (Wildman–Crippen MR) is 132 cm³/mol. The summed E-state index contributed by atoms with van der Waals surface area (Å²) in [6.07, 6.45) is 0.776. The molecule has 3 aliphatic rings. The fourth-order valence-corrected chi connectivity index (χ4v) is 5.82. The minimum Gasteiger partial charge on any atom is -0.384 e. The minimum atomic E-state index is -1.58. The Labute approximate surface area is 203 Å². The summed E-state index contributed by atoms with van der Waals surface area (Å²) in [7, 11) is 0. The highest BCUT2D eigenvalue weighted by Gasteiger charge is 2.61. The lowest BCUT2D eigenvalue weighted by Gasteiger charge is -2.47. The second kappa shape index (κ2) is 7.22. The highest BCUT2D eigenvalue weighted by atomic mass is 35.5. The zero-order chi connectivity index (χ0) is 24.6. The van der Waals surface area contributed by atoms with Gasteiger partial charge in [-0.2, -0.15) is 5.26 Å². The predicted octanol–water partition coefficient (Wildman–Crippen LogP) is 5.00. The van der Waals surface area contributed by atoms with E-state index in [9.17, 15) is 14.9 Å². The number of hydrogen-bond donors (Lipinski definition) is 2. The summed E-state index contributed by atoms with van der Waals surface area (Å²) in [5.74, 6) is -0.432. The number of ketones is 1. The Bertz CT molecular complexity index is 1410. The van der Waals surface area contributed by atoms with E-state index in [1.165, 1.54) is 0 Å². The number of Topliss-reactive ketones (excluding diaryl/α,β-unsaturated/α-hetero) is 1. The number of halogens is 1. The van der Waals surface area contributed by atoms with E-state index in [1.54, 1.807) is 11.0 Å². The monoisotopic (exact) mass is 472 g/mol. The second-order valence-corrected chi connectivity index (χ2v) is 10.5. The van der Waals surface area contributed by atoms with E-state index < -0.39 is 11.3 Å². The molecule has 2 aliphatic heterocycles. The summed E-state index contributed by atoms with van der Waals surface area (Å²) in [5.41, 5.74) is 9.43. The average molecular weight is 473 g/mol. The van der Waals surface area contributed by atoms with Crippen molar-refractivity contribution in [3.63, 3.8) is 0 Å². The maximum atomic E-state index is 13.9. The van der Waals surface area contributed by atoms with E-state index in [0.29, 0.717) is 39.7 Å². The van der Waals surface area contributed by atoms with Gasteiger partial charge in [-0.1, -0.05) is 49.2 Å². The Morgan fingerprint density at radius 1 is 1.15 bits per heavy atom. The highest BCUT2D eigenvalue weighted by Crippen LogP contribution is 2.57. The summed E-state index contributed by atoms with van der Waals surface area (Å²) in [4.78, 5) is 29.4. The van der Waals surface area contributed by atoms with Crippen molar-refractivity contribution in [1.29, 1.82) is 5.26 Å². The largest absolute Gasteiger partial charge is 0.384 e. The Hall–Kier alpha value is -3.56. The van der Waals surface area contributed by atoms with E-state index in [-0.39, 0.29) is 29.0 Å². The number of nitrogens with one attached hydrogen (secondary N) is 1. The molecule has 172 valence electrons. The maximum Gasteiger partial charge on any atom is 0.245 e. The third-order valence-corrected chi connectivity index (χ3v) is 7.54. The van der Waals surface area contributed by atoms with Crippen molar-refractivity contribution in [3.05, 3.63) is 80.8 Å². The van der Waals surface area contributed by atoms with Crippen LogP contribution in [0.25, 0.3) is 0 Å². The SMILES string of the molecule is Cc1ccc2c(c1)[C@@]1(C(=O)N2)C(C#N)=C(N)N(c2cccc(Cl)c2C)C2=C1C(=O)CC(C)(C)C2. The number of amides is 1. The van der Waals surface area contributed by atoms with E-state index >= 15 is 0 Å². The summed E-state index contributed by atoms with van der Waals surface area (Å²) < 4.78 is 0. The molecule has 1 aliphatic carbocycles. The lowest BCUT2D eigenvalue weighted by Crippen LogP contribution is -2.52. The number of allylic oxidation sites excluding steroid dienone is 1. The van der Waals surface area contributed by atoms with Crippen molar-refractivity contribution in [1.82, 2.24) is 0 Å². The summed E-state index contributed by atoms with van der Waals surface area (Å²) in [6.45, 7) is 7.84. The van der Waals surface area contributed by atoms with Crippen LogP contribution in [0.2, 0.25) is 5.02 Å². The number of nitrogens with zero attached hydrogens (tertiary/aromatic N) is 2. The number of aryl methyl sites for hydroxylation is 1. The van der Waals surface area contributed by atoms with Crippen LogP contribution in [-0.4, -0.2) is 11.7 Å². The first-order chi connectivity index (χ1) is 16.0. The van der Waals surface area contributed by atoms with Gasteiger partial charge >= 0.3 is 0 Å². The molecule has 0 fully saturated rings. The molecular weight excluding hydrogens is 448 g/mol. The number of carbonyl (C=O) groups excluding carboxylic acids is 2. The number of nitrogens with two attached hydrogens (primary N) is 1. The Morgan fingerprint density at radius 3 is 2.59 bits per heavy atom. The van der Waals surface area contributed by atoms with Crippen LogP contribution in [-0.2, 0) is 15.0 Å². The van der Waals surface area contributed by atoms with Gasteiger partial charge in [0.05, 0.1) is 11.3 Å². The first kappa shape index (κ1) is 22.2. The number of nitriles is 1. The van der Waals surface area contributed by atoms with E-state index in [4.69, 9.17) is 17.3 Å². The Balaban J connectivity index is 1.93. The summed E-state index contributed by atoms with van der Waals surface area (Å²) in [5, 5.41) is 13.9. The molecule has 1 atom stereocenters. The zero-order valence-electron chi connectivity index (χ0n) is 19.5. The summed E-state index contributed by atoms with van der Waals surface area (Å²) >= 11 is 6.44. The topological polar surface area (TPSA) is 99.2 Å². The molecule has 0 aromatic heterocycles. The number of anilines is 2. The molecule has 1 amide bonds. The van der Waals surface area contributed by atoms with Crippen LogP contribution in [0.3, 0.4) is 0 Å². The maximum absolute atomic E-state index is 13.9. The van der Waals surface area contributed by atoms with Crippen LogP contribution in [0.4, 0.5) is 11.4 Å². The van der Waals surface area contributed by atoms with Gasteiger partial charge in [0, 0.05) is 34.0 Å². The first-order valence-electron chi connectivity index (χ1n) is 11.2. The molecule has 5 rings (SSSR count). The first-order valence-corrected chi connectivity index (χ1v) is 11.6. The summed E-state index contributed by atoms with van der Waals surface area (Å²) in [6, 6.07) is 13.3. The molecule has 3 N–H and O–H groups in total. The molecule has 0 bridgehead atoms. The number of hydrogen-bond acceptors (Lipinski definition) is 5. The Morgan fingerprint density at radius 2 is 1.88 bits per heavy atom. The third kappa shape index (κ3) is 2.80. The van der Waals surface area contributed by atoms with Crippen LogP contribution < -0.4 is 16.0 Å². The van der Waals surface area contributed by atoms with Gasteiger partial charge in [-0.05, 0) is 49.4 Å². The van der Waals surface area contributed by atoms with Gasteiger partial charge in [0.15, 0.2) is 5.78 Å². The number of rotatable bonds is 1. The van der Waals surface area contributed by atoms with Gasteiger partial charge in [0.1, 0.15) is 17.3 Å². The van der Waals surface area contributed by atoms with Crippen LogP contribution in [0.1, 0.15) is 43.4 Å². The van der Waals surface area contributed by atoms with Crippen LogP contribution in [0.15, 0.2) is 59.1 Å². The lowest BCUT2D eigenvalue weighted by atomic mass is 9.60. The highest BCUT2D eigenvalue weighted by molar-refractivity contribution is 6.31. The smallest absolute Gasteiger partial charge is 0.245 e. The molecule has 34 heavy (non-hydrogen) atoms. The van der Waals surface area contributed by atoms with Crippen molar-refractivity contribution in [2.75, 3.05) is 10.2 Å². The van der Waals surface area contributed by atoms with Crippen molar-refractivity contribution in [3.8, 4) is 6.07 Å². The fourth-order valence-electron chi connectivity index (χ4n) is 5.65. The molecule has 0 saturated carbocycles. The molecule has 0 unspecified atom stereocenters. The number of fused-ring (bicyclic) bond motifs is 3. The third-order valence-electron chi connectivity index (χ3n) is 7.13. The molecular formula is C27H25ClN4O2. The molecule has 7 heteroatoms. The quantitative estimate of drug-likeness (QED) is 0.608. The van der Waals surface area contributed by atoms with E-state index in [1.807, 2.05) is 58.0 Å². The van der Waals surface area contributed by atoms with Gasteiger partial charge in [-0.15, -0.1) is 0 Å². The lowest BCUT2D eigenvalue weighted by molar-refractivity contribution is -0.123. The fraction of sp³-hybridized carbons (Fsp3) is 0.296.